The van der Waals surface area contributed by atoms with Crippen molar-refractivity contribution in [1.29, 1.82) is 0 Å². The molecule has 0 bridgehead atoms. The molecular weight excluding hydrogens is 232 g/mol. The summed E-state index contributed by atoms with van der Waals surface area (Å²) in [6.45, 7) is 3.16. The van der Waals surface area contributed by atoms with Crippen LogP contribution in [0, 0.1) is 0 Å². The van der Waals surface area contributed by atoms with Crippen LogP contribution in [-0.4, -0.2) is 36.1 Å². The Bertz CT molecular complexity index is 371. The largest absolute Gasteiger partial charge is 0.468 e. The lowest BCUT2D eigenvalue weighted by Gasteiger charge is -2.07. The summed E-state index contributed by atoms with van der Waals surface area (Å²) in [5.41, 5.74) is 0. The monoisotopic (exact) mass is 252 g/mol. The third kappa shape index (κ3) is 5.47. The van der Waals surface area contributed by atoms with Crippen LogP contribution in [0.15, 0.2) is 12.4 Å². The molecule has 0 aromatic carbocycles. The average Bonchev–Trinajstić information content (AvgIpc) is 2.41. The van der Waals surface area contributed by atoms with Gasteiger partial charge in [0.1, 0.15) is 24.5 Å². The number of hydrogen-bond donors (Lipinski definition) is 2. The number of aromatic nitrogens is 2. The molecule has 6 heteroatoms. The average molecular weight is 252 g/mol. The normalized spacial score (nSPS) is 9.89. The van der Waals surface area contributed by atoms with Gasteiger partial charge in [-0.05, 0) is 6.42 Å². The minimum atomic E-state index is -0.328. The van der Waals surface area contributed by atoms with Crippen molar-refractivity contribution in [1.82, 2.24) is 9.97 Å². The number of ether oxygens (including phenoxy) is 1. The van der Waals surface area contributed by atoms with Gasteiger partial charge in [-0.1, -0.05) is 19.8 Å². The molecule has 1 rings (SSSR count). The van der Waals surface area contributed by atoms with Crippen LogP contribution in [0.5, 0.6) is 0 Å². The molecule has 6 nitrogen and oxygen atoms in total. The molecule has 0 saturated carbocycles. The second kappa shape index (κ2) is 8.27. The SMILES string of the molecule is CCCCCNc1cc(NCC(=O)OC)ncn1. The number of carbonyl (C=O) groups excluding carboxylic acids is 1. The Balaban J connectivity index is 2.39. The van der Waals surface area contributed by atoms with Crippen molar-refractivity contribution >= 4 is 17.6 Å². The fourth-order valence-corrected chi connectivity index (χ4v) is 1.38. The van der Waals surface area contributed by atoms with Gasteiger partial charge in [-0.15, -0.1) is 0 Å². The van der Waals surface area contributed by atoms with Crippen LogP contribution in [0.4, 0.5) is 11.6 Å². The van der Waals surface area contributed by atoms with Gasteiger partial charge in [-0.2, -0.15) is 0 Å². The molecule has 1 aromatic heterocycles. The van der Waals surface area contributed by atoms with E-state index in [1.54, 1.807) is 6.07 Å². The highest BCUT2D eigenvalue weighted by Gasteiger charge is 2.02. The number of esters is 1. The summed E-state index contributed by atoms with van der Waals surface area (Å²) >= 11 is 0. The minimum absolute atomic E-state index is 0.1000. The first-order valence-corrected chi connectivity index (χ1v) is 6.13. The molecular formula is C12H20N4O2. The molecule has 0 unspecified atom stereocenters. The summed E-state index contributed by atoms with van der Waals surface area (Å²) in [5, 5.41) is 6.09. The fraction of sp³-hybridized carbons (Fsp3) is 0.583. The molecule has 0 aliphatic rings. The summed E-state index contributed by atoms with van der Waals surface area (Å²) in [6, 6.07) is 1.77. The second-order valence-corrected chi connectivity index (χ2v) is 3.85. The molecule has 1 aromatic rings. The van der Waals surface area contributed by atoms with Crippen LogP contribution in [0.3, 0.4) is 0 Å². The van der Waals surface area contributed by atoms with Crippen LogP contribution in [0.25, 0.3) is 0 Å². The Kier molecular flexibility index (Phi) is 6.53. The summed E-state index contributed by atoms with van der Waals surface area (Å²) in [6.07, 6.45) is 4.97. The Labute approximate surface area is 107 Å². The number of unbranched alkanes of at least 4 members (excludes halogenated alkanes) is 2. The van der Waals surface area contributed by atoms with Gasteiger partial charge in [0, 0.05) is 12.6 Å². The zero-order valence-corrected chi connectivity index (χ0v) is 10.9. The van der Waals surface area contributed by atoms with Crippen molar-refractivity contribution in [3.05, 3.63) is 12.4 Å². The number of hydrogen-bond acceptors (Lipinski definition) is 6. The molecule has 18 heavy (non-hydrogen) atoms. The van der Waals surface area contributed by atoms with Crippen LogP contribution in [0.1, 0.15) is 26.2 Å². The number of nitrogens with one attached hydrogen (secondary N) is 2. The quantitative estimate of drug-likeness (QED) is 0.541. The van der Waals surface area contributed by atoms with Crippen molar-refractivity contribution in [3.63, 3.8) is 0 Å². The lowest BCUT2D eigenvalue weighted by molar-refractivity contribution is -0.138. The summed E-state index contributed by atoms with van der Waals surface area (Å²) < 4.78 is 4.53. The number of rotatable bonds is 8. The molecule has 0 saturated heterocycles. The van der Waals surface area contributed by atoms with E-state index in [0.29, 0.717) is 5.82 Å². The number of methoxy groups -OCH3 is 1. The predicted octanol–water partition coefficient (Wildman–Crippen LogP) is 1.66. The van der Waals surface area contributed by atoms with E-state index in [9.17, 15) is 4.79 Å². The molecule has 0 radical (unpaired) electrons. The van der Waals surface area contributed by atoms with Gasteiger partial charge in [-0.3, -0.25) is 4.79 Å². The van der Waals surface area contributed by atoms with Crippen LogP contribution in [-0.2, 0) is 9.53 Å². The second-order valence-electron chi connectivity index (χ2n) is 3.85. The van der Waals surface area contributed by atoms with Crippen LogP contribution in [0.2, 0.25) is 0 Å². The molecule has 100 valence electrons. The van der Waals surface area contributed by atoms with E-state index in [1.165, 1.54) is 26.3 Å². The van der Waals surface area contributed by atoms with E-state index in [4.69, 9.17) is 0 Å². The standard InChI is InChI=1S/C12H20N4O2/c1-3-4-5-6-13-10-7-11(16-9-15-10)14-8-12(17)18-2/h7,9H,3-6,8H2,1-2H3,(H2,13,14,15,16). The van der Waals surface area contributed by atoms with Crippen molar-refractivity contribution in [3.8, 4) is 0 Å². The highest BCUT2D eigenvalue weighted by molar-refractivity contribution is 5.74. The number of nitrogens with zero attached hydrogens (tertiary/aromatic N) is 2. The summed E-state index contributed by atoms with van der Waals surface area (Å²) in [7, 11) is 1.35. The van der Waals surface area contributed by atoms with Crippen molar-refractivity contribution in [2.24, 2.45) is 0 Å². The predicted molar refractivity (Wildman–Crippen MR) is 70.6 cm³/mol. The van der Waals surface area contributed by atoms with Gasteiger partial charge in [0.15, 0.2) is 0 Å². The zero-order valence-electron chi connectivity index (χ0n) is 10.9. The maximum absolute atomic E-state index is 11.0. The lowest BCUT2D eigenvalue weighted by Crippen LogP contribution is -2.16. The Hall–Kier alpha value is -1.85. The lowest BCUT2D eigenvalue weighted by atomic mass is 10.2. The maximum atomic E-state index is 11.0. The van der Waals surface area contributed by atoms with Gasteiger partial charge in [0.05, 0.1) is 7.11 Å². The molecule has 0 aliphatic carbocycles. The minimum Gasteiger partial charge on any atom is -0.468 e. The third-order valence-electron chi connectivity index (χ3n) is 2.40. The Morgan fingerprint density at radius 3 is 2.67 bits per heavy atom. The highest BCUT2D eigenvalue weighted by atomic mass is 16.5. The van der Waals surface area contributed by atoms with Gasteiger partial charge in [0.25, 0.3) is 0 Å². The van der Waals surface area contributed by atoms with E-state index in [0.717, 1.165) is 18.8 Å². The molecule has 0 aliphatic heterocycles. The Morgan fingerprint density at radius 2 is 2.00 bits per heavy atom. The zero-order chi connectivity index (χ0) is 13.2. The third-order valence-corrected chi connectivity index (χ3v) is 2.40. The molecule has 2 N–H and O–H groups in total. The van der Waals surface area contributed by atoms with E-state index in [2.05, 4.69) is 32.3 Å². The van der Waals surface area contributed by atoms with Crippen LogP contribution >= 0.6 is 0 Å². The highest BCUT2D eigenvalue weighted by Crippen LogP contribution is 2.08. The number of carbonyl (C=O) groups is 1. The van der Waals surface area contributed by atoms with E-state index in [-0.39, 0.29) is 12.5 Å². The Morgan fingerprint density at radius 1 is 1.28 bits per heavy atom. The molecule has 0 amide bonds. The molecule has 0 spiro atoms. The van der Waals surface area contributed by atoms with Gasteiger partial charge in [-0.25, -0.2) is 9.97 Å². The number of anilines is 2. The summed E-state index contributed by atoms with van der Waals surface area (Å²) in [5.74, 6) is 1.04. The summed E-state index contributed by atoms with van der Waals surface area (Å²) in [4.78, 5) is 19.1. The molecule has 1 heterocycles. The molecule has 0 fully saturated rings. The first-order chi connectivity index (χ1) is 8.76. The van der Waals surface area contributed by atoms with Crippen LogP contribution < -0.4 is 10.6 Å². The maximum Gasteiger partial charge on any atom is 0.325 e. The van der Waals surface area contributed by atoms with Crippen molar-refractivity contribution in [2.45, 2.75) is 26.2 Å². The fourth-order valence-electron chi connectivity index (χ4n) is 1.38. The van der Waals surface area contributed by atoms with Gasteiger partial charge < -0.3 is 15.4 Å². The smallest absolute Gasteiger partial charge is 0.325 e. The first kappa shape index (κ1) is 14.2. The molecule has 0 atom stereocenters. The van der Waals surface area contributed by atoms with E-state index in [1.807, 2.05) is 0 Å². The van der Waals surface area contributed by atoms with Gasteiger partial charge >= 0.3 is 5.97 Å². The van der Waals surface area contributed by atoms with Gasteiger partial charge in [0.2, 0.25) is 0 Å². The van der Waals surface area contributed by atoms with Crippen molar-refractivity contribution < 1.29 is 9.53 Å². The van der Waals surface area contributed by atoms with E-state index < -0.39 is 0 Å². The first-order valence-electron chi connectivity index (χ1n) is 6.13. The van der Waals surface area contributed by atoms with Crippen molar-refractivity contribution in [2.75, 3.05) is 30.8 Å². The topological polar surface area (TPSA) is 76.1 Å². The van der Waals surface area contributed by atoms with E-state index >= 15 is 0 Å².